The number of benzene rings is 1. The number of nitrogens with zero attached hydrogens (tertiary/aromatic N) is 1. The van der Waals surface area contributed by atoms with Gasteiger partial charge in [-0.05, 0) is 30.7 Å². The van der Waals surface area contributed by atoms with Crippen LogP contribution in [0.15, 0.2) is 24.3 Å². The van der Waals surface area contributed by atoms with Gasteiger partial charge in [-0.15, -0.1) is 12.4 Å². The molecule has 0 spiro atoms. The second-order valence-electron chi connectivity index (χ2n) is 4.53. The molecule has 1 aromatic carbocycles. The van der Waals surface area contributed by atoms with Gasteiger partial charge in [0.15, 0.2) is 0 Å². The van der Waals surface area contributed by atoms with Gasteiger partial charge in [0.05, 0.1) is 6.61 Å². The van der Waals surface area contributed by atoms with Crippen molar-refractivity contribution in [3.05, 3.63) is 35.4 Å². The van der Waals surface area contributed by atoms with Crippen LogP contribution in [0.4, 0.5) is 0 Å². The molecular formula is C14H21ClN2O2. The zero-order valence-electron chi connectivity index (χ0n) is 11.2. The van der Waals surface area contributed by atoms with E-state index in [4.69, 9.17) is 4.74 Å². The molecule has 0 atom stereocenters. The van der Waals surface area contributed by atoms with Crippen molar-refractivity contribution in [1.82, 2.24) is 10.2 Å². The molecule has 0 aliphatic carbocycles. The van der Waals surface area contributed by atoms with E-state index in [1.54, 1.807) is 7.11 Å². The molecule has 5 heteroatoms. The van der Waals surface area contributed by atoms with Crippen LogP contribution >= 0.6 is 12.4 Å². The van der Waals surface area contributed by atoms with Gasteiger partial charge in [0, 0.05) is 32.3 Å². The van der Waals surface area contributed by atoms with Crippen molar-refractivity contribution in [2.24, 2.45) is 0 Å². The fourth-order valence-corrected chi connectivity index (χ4v) is 2.19. The molecule has 0 radical (unpaired) electrons. The Bertz CT molecular complexity index is 404. The van der Waals surface area contributed by atoms with Crippen LogP contribution in [0.3, 0.4) is 0 Å². The average Bonchev–Trinajstić information content (AvgIpc) is 2.67. The zero-order chi connectivity index (χ0) is 12.8. The molecule has 19 heavy (non-hydrogen) atoms. The number of ether oxygens (including phenoxy) is 1. The van der Waals surface area contributed by atoms with Gasteiger partial charge in [0.1, 0.15) is 0 Å². The summed E-state index contributed by atoms with van der Waals surface area (Å²) in [5, 5.41) is 3.30. The molecular weight excluding hydrogens is 264 g/mol. The Hall–Kier alpha value is -1.10. The lowest BCUT2D eigenvalue weighted by Gasteiger charge is -2.20. The highest BCUT2D eigenvalue weighted by Crippen LogP contribution is 2.10. The first-order valence-electron chi connectivity index (χ1n) is 6.39. The van der Waals surface area contributed by atoms with Crippen molar-refractivity contribution < 1.29 is 9.53 Å². The average molecular weight is 285 g/mol. The Morgan fingerprint density at radius 3 is 3.00 bits per heavy atom. The highest BCUT2D eigenvalue weighted by Gasteiger charge is 2.16. The predicted molar refractivity (Wildman–Crippen MR) is 77.8 cm³/mol. The molecule has 1 heterocycles. The van der Waals surface area contributed by atoms with Gasteiger partial charge in [-0.1, -0.05) is 12.1 Å². The maximum atomic E-state index is 12.4. The summed E-state index contributed by atoms with van der Waals surface area (Å²) in [4.78, 5) is 14.3. The third-order valence-corrected chi connectivity index (χ3v) is 3.11. The van der Waals surface area contributed by atoms with Crippen LogP contribution < -0.4 is 5.32 Å². The van der Waals surface area contributed by atoms with Crippen molar-refractivity contribution in [3.8, 4) is 0 Å². The minimum absolute atomic E-state index is 0. The minimum Gasteiger partial charge on any atom is -0.380 e. The van der Waals surface area contributed by atoms with Gasteiger partial charge in [-0.2, -0.15) is 0 Å². The normalized spacial score (nSPS) is 15.5. The van der Waals surface area contributed by atoms with Gasteiger partial charge in [0.2, 0.25) is 0 Å². The van der Waals surface area contributed by atoms with Gasteiger partial charge in [-0.3, -0.25) is 4.79 Å². The van der Waals surface area contributed by atoms with Crippen molar-refractivity contribution >= 4 is 18.3 Å². The van der Waals surface area contributed by atoms with Crippen LogP contribution in [0.5, 0.6) is 0 Å². The van der Waals surface area contributed by atoms with Gasteiger partial charge in [0.25, 0.3) is 5.91 Å². The quantitative estimate of drug-likeness (QED) is 0.918. The summed E-state index contributed by atoms with van der Waals surface area (Å²) in [6, 6.07) is 7.69. The molecule has 0 aromatic heterocycles. The third-order valence-electron chi connectivity index (χ3n) is 3.11. The SMILES string of the molecule is COCc1cccc(C(=O)N2CCCNCC2)c1.Cl. The number of amides is 1. The Morgan fingerprint density at radius 2 is 2.21 bits per heavy atom. The Balaban J connectivity index is 0.00000180. The standard InChI is InChI=1S/C14H20N2O2.ClH/c1-18-11-12-4-2-5-13(10-12)14(17)16-8-3-6-15-7-9-16;/h2,4-5,10,15H,3,6-9,11H2,1H3;1H. The lowest BCUT2D eigenvalue weighted by molar-refractivity contribution is 0.0766. The fourth-order valence-electron chi connectivity index (χ4n) is 2.19. The molecule has 2 rings (SSSR count). The minimum atomic E-state index is 0. The fraction of sp³-hybridized carbons (Fsp3) is 0.500. The van der Waals surface area contributed by atoms with Crippen LogP contribution in [0.1, 0.15) is 22.3 Å². The lowest BCUT2D eigenvalue weighted by atomic mass is 10.1. The molecule has 1 fully saturated rings. The molecule has 1 amide bonds. The lowest BCUT2D eigenvalue weighted by Crippen LogP contribution is -2.34. The van der Waals surface area contributed by atoms with Crippen molar-refractivity contribution in [2.75, 3.05) is 33.3 Å². The number of carbonyl (C=O) groups excluding carboxylic acids is 1. The van der Waals surface area contributed by atoms with E-state index in [1.807, 2.05) is 29.2 Å². The van der Waals surface area contributed by atoms with Crippen LogP contribution in [0.2, 0.25) is 0 Å². The maximum absolute atomic E-state index is 12.4. The van der Waals surface area contributed by atoms with E-state index >= 15 is 0 Å². The van der Waals surface area contributed by atoms with E-state index in [-0.39, 0.29) is 18.3 Å². The first-order chi connectivity index (χ1) is 8.81. The number of nitrogens with one attached hydrogen (secondary N) is 1. The number of carbonyl (C=O) groups is 1. The van der Waals surface area contributed by atoms with Crippen LogP contribution in [-0.2, 0) is 11.3 Å². The monoisotopic (exact) mass is 284 g/mol. The molecule has 106 valence electrons. The molecule has 1 saturated heterocycles. The predicted octanol–water partition coefficient (Wildman–Crippen LogP) is 1.69. The molecule has 0 saturated carbocycles. The van der Waals surface area contributed by atoms with E-state index in [0.717, 1.165) is 43.7 Å². The van der Waals surface area contributed by atoms with Crippen LogP contribution in [0, 0.1) is 0 Å². The van der Waals surface area contributed by atoms with E-state index in [0.29, 0.717) is 6.61 Å². The Labute approximate surface area is 120 Å². The number of halogens is 1. The molecule has 1 aliphatic rings. The molecule has 1 N–H and O–H groups in total. The van der Waals surface area contributed by atoms with Crippen LogP contribution in [-0.4, -0.2) is 44.1 Å². The third kappa shape index (κ3) is 4.49. The Kier molecular flexibility index (Phi) is 6.84. The number of rotatable bonds is 3. The summed E-state index contributed by atoms with van der Waals surface area (Å²) in [6.45, 7) is 4.04. The van der Waals surface area contributed by atoms with E-state index < -0.39 is 0 Å². The highest BCUT2D eigenvalue weighted by atomic mass is 35.5. The Morgan fingerprint density at radius 1 is 1.37 bits per heavy atom. The summed E-state index contributed by atoms with van der Waals surface area (Å²) in [7, 11) is 1.66. The summed E-state index contributed by atoms with van der Waals surface area (Å²) >= 11 is 0. The molecule has 0 unspecified atom stereocenters. The summed E-state index contributed by atoms with van der Waals surface area (Å²) in [6.07, 6.45) is 1.02. The van der Waals surface area contributed by atoms with Crippen molar-refractivity contribution in [3.63, 3.8) is 0 Å². The summed E-state index contributed by atoms with van der Waals surface area (Å²) < 4.78 is 5.09. The molecule has 1 aliphatic heterocycles. The smallest absolute Gasteiger partial charge is 0.253 e. The largest absolute Gasteiger partial charge is 0.380 e. The van der Waals surface area contributed by atoms with E-state index in [2.05, 4.69) is 5.32 Å². The van der Waals surface area contributed by atoms with E-state index in [9.17, 15) is 4.79 Å². The van der Waals surface area contributed by atoms with Crippen molar-refractivity contribution in [2.45, 2.75) is 13.0 Å². The molecule has 1 aromatic rings. The summed E-state index contributed by atoms with van der Waals surface area (Å²) in [5.74, 6) is 0.122. The summed E-state index contributed by atoms with van der Waals surface area (Å²) in [5.41, 5.74) is 1.79. The maximum Gasteiger partial charge on any atom is 0.253 e. The second-order valence-corrected chi connectivity index (χ2v) is 4.53. The topological polar surface area (TPSA) is 41.6 Å². The zero-order valence-corrected chi connectivity index (χ0v) is 12.0. The number of hydrogen-bond acceptors (Lipinski definition) is 3. The van der Waals surface area contributed by atoms with E-state index in [1.165, 1.54) is 0 Å². The number of hydrogen-bond donors (Lipinski definition) is 1. The first-order valence-corrected chi connectivity index (χ1v) is 6.39. The highest BCUT2D eigenvalue weighted by molar-refractivity contribution is 5.94. The van der Waals surface area contributed by atoms with Gasteiger partial charge in [-0.25, -0.2) is 0 Å². The van der Waals surface area contributed by atoms with Crippen molar-refractivity contribution in [1.29, 1.82) is 0 Å². The number of methoxy groups -OCH3 is 1. The molecule has 0 bridgehead atoms. The second kappa shape index (κ2) is 8.15. The van der Waals surface area contributed by atoms with Gasteiger partial charge < -0.3 is 15.0 Å². The van der Waals surface area contributed by atoms with Gasteiger partial charge >= 0.3 is 0 Å². The first kappa shape index (κ1) is 16.0. The molecule has 4 nitrogen and oxygen atoms in total. The van der Waals surface area contributed by atoms with Crippen LogP contribution in [0.25, 0.3) is 0 Å².